The summed E-state index contributed by atoms with van der Waals surface area (Å²) in [7, 11) is -3.63. The van der Waals surface area contributed by atoms with Crippen molar-refractivity contribution in [2.75, 3.05) is 0 Å². The normalized spacial score (nSPS) is 16.1. The summed E-state index contributed by atoms with van der Waals surface area (Å²) in [6, 6.07) is 10.0. The van der Waals surface area contributed by atoms with Crippen molar-refractivity contribution >= 4 is 38.0 Å². The van der Waals surface area contributed by atoms with Crippen molar-refractivity contribution in [1.82, 2.24) is 5.43 Å². The van der Waals surface area contributed by atoms with Gasteiger partial charge in [0.05, 0.1) is 6.21 Å². The zero-order valence-corrected chi connectivity index (χ0v) is 12.3. The van der Waals surface area contributed by atoms with Gasteiger partial charge in [0.15, 0.2) is 10.5 Å². The summed E-state index contributed by atoms with van der Waals surface area (Å²) < 4.78 is 33.1. The summed E-state index contributed by atoms with van der Waals surface area (Å²) in [5.74, 6) is 0.724. The summed E-state index contributed by atoms with van der Waals surface area (Å²) >= 11 is 3.17. The molecule has 0 fully saturated rings. The Bertz CT molecular complexity index is 824. The molecule has 0 saturated carbocycles. The molecule has 0 spiro atoms. The van der Waals surface area contributed by atoms with Gasteiger partial charge in [0.25, 0.3) is 10.0 Å². The molecule has 0 radical (unpaired) electrons. The van der Waals surface area contributed by atoms with Gasteiger partial charge in [-0.1, -0.05) is 12.1 Å². The van der Waals surface area contributed by atoms with E-state index in [1.807, 2.05) is 0 Å². The molecule has 0 atom stereocenters. The number of furan rings is 1. The van der Waals surface area contributed by atoms with Crippen LogP contribution in [0.5, 0.6) is 0 Å². The molecule has 3 rings (SSSR count). The van der Waals surface area contributed by atoms with E-state index in [9.17, 15) is 8.42 Å². The SMILES string of the molecule is O=S1(=O)N=C(NN=Cc2ccc(Br)o2)c2ccccc21. The van der Waals surface area contributed by atoms with Crippen molar-refractivity contribution < 1.29 is 12.8 Å². The summed E-state index contributed by atoms with van der Waals surface area (Å²) in [4.78, 5) is 0.179. The lowest BCUT2D eigenvalue weighted by molar-refractivity contribution is 0.534. The number of nitrogens with one attached hydrogen (secondary N) is 1. The summed E-state index contributed by atoms with van der Waals surface area (Å²) in [6.45, 7) is 0. The second kappa shape index (κ2) is 4.88. The fourth-order valence-electron chi connectivity index (χ4n) is 1.74. The van der Waals surface area contributed by atoms with E-state index in [1.165, 1.54) is 12.3 Å². The van der Waals surface area contributed by atoms with Crippen molar-refractivity contribution in [3.8, 4) is 0 Å². The predicted molar refractivity (Wildman–Crippen MR) is 77.3 cm³/mol. The van der Waals surface area contributed by atoms with Gasteiger partial charge < -0.3 is 4.42 Å². The number of fused-ring (bicyclic) bond motifs is 1. The lowest BCUT2D eigenvalue weighted by Gasteiger charge is -1.99. The zero-order valence-electron chi connectivity index (χ0n) is 9.95. The summed E-state index contributed by atoms with van der Waals surface area (Å²) in [6.07, 6.45) is 1.43. The molecule has 0 aliphatic carbocycles. The molecule has 1 N–H and O–H groups in total. The van der Waals surface area contributed by atoms with Gasteiger partial charge in [0.2, 0.25) is 0 Å². The van der Waals surface area contributed by atoms with Gasteiger partial charge in [-0.25, -0.2) is 0 Å². The molecular weight excluding hydrogens is 346 g/mol. The minimum atomic E-state index is -3.63. The topological polar surface area (TPSA) is 84.0 Å². The third-order valence-electron chi connectivity index (χ3n) is 2.59. The number of nitrogens with zero attached hydrogens (tertiary/aromatic N) is 2. The number of hydrazone groups is 1. The molecule has 0 bridgehead atoms. The van der Waals surface area contributed by atoms with Crippen LogP contribution in [0.4, 0.5) is 0 Å². The van der Waals surface area contributed by atoms with E-state index in [0.29, 0.717) is 16.0 Å². The highest BCUT2D eigenvalue weighted by molar-refractivity contribution is 9.10. The monoisotopic (exact) mass is 353 g/mol. The fraction of sp³-hybridized carbons (Fsp3) is 0. The fourth-order valence-corrected chi connectivity index (χ4v) is 3.23. The average molecular weight is 354 g/mol. The number of amidine groups is 1. The van der Waals surface area contributed by atoms with Gasteiger partial charge in [-0.2, -0.15) is 13.5 Å². The van der Waals surface area contributed by atoms with E-state index in [1.54, 1.807) is 30.3 Å². The van der Waals surface area contributed by atoms with Crippen LogP contribution in [-0.2, 0) is 10.0 Å². The maximum atomic E-state index is 11.8. The highest BCUT2D eigenvalue weighted by Crippen LogP contribution is 2.24. The van der Waals surface area contributed by atoms with E-state index >= 15 is 0 Å². The molecule has 1 aliphatic rings. The molecule has 0 amide bonds. The van der Waals surface area contributed by atoms with Crippen molar-refractivity contribution in [3.63, 3.8) is 0 Å². The Morgan fingerprint density at radius 3 is 2.80 bits per heavy atom. The van der Waals surface area contributed by atoms with Gasteiger partial charge >= 0.3 is 0 Å². The second-order valence-electron chi connectivity index (χ2n) is 3.92. The van der Waals surface area contributed by atoms with E-state index in [2.05, 4.69) is 30.9 Å². The molecule has 2 heterocycles. The highest BCUT2D eigenvalue weighted by atomic mass is 79.9. The van der Waals surface area contributed by atoms with Crippen LogP contribution in [-0.4, -0.2) is 20.5 Å². The molecular formula is C12H8BrN3O3S. The number of hydrogen-bond donors (Lipinski definition) is 1. The summed E-state index contributed by atoms with van der Waals surface area (Å²) in [5, 5.41) is 3.92. The van der Waals surface area contributed by atoms with E-state index < -0.39 is 10.0 Å². The minimum absolute atomic E-state index is 0.179. The zero-order chi connectivity index (χ0) is 14.2. The van der Waals surface area contributed by atoms with Crippen molar-refractivity contribution in [3.05, 3.63) is 52.4 Å². The number of rotatable bonds is 2. The van der Waals surface area contributed by atoms with Gasteiger partial charge in [-0.3, -0.25) is 5.43 Å². The van der Waals surface area contributed by atoms with Crippen LogP contribution in [0.25, 0.3) is 0 Å². The quantitative estimate of drug-likeness (QED) is 0.661. The Labute approximate surface area is 123 Å². The first-order chi connectivity index (χ1) is 9.56. The van der Waals surface area contributed by atoms with E-state index in [4.69, 9.17) is 4.42 Å². The third-order valence-corrected chi connectivity index (χ3v) is 4.35. The van der Waals surface area contributed by atoms with Crippen LogP contribution in [0.1, 0.15) is 11.3 Å². The Balaban J connectivity index is 1.84. The van der Waals surface area contributed by atoms with E-state index in [-0.39, 0.29) is 10.7 Å². The Hall–Kier alpha value is -1.93. The molecule has 102 valence electrons. The number of hydrogen-bond acceptors (Lipinski definition) is 5. The van der Waals surface area contributed by atoms with Gasteiger partial charge in [-0.15, -0.1) is 4.40 Å². The Morgan fingerprint density at radius 2 is 2.05 bits per heavy atom. The van der Waals surface area contributed by atoms with Gasteiger partial charge in [-0.05, 0) is 40.2 Å². The lowest BCUT2D eigenvalue weighted by Crippen LogP contribution is -2.17. The van der Waals surface area contributed by atoms with Crippen LogP contribution in [0.15, 0.2) is 59.9 Å². The molecule has 2 aromatic rings. The molecule has 1 aliphatic heterocycles. The third kappa shape index (κ3) is 2.39. The lowest BCUT2D eigenvalue weighted by atomic mass is 10.2. The first-order valence-electron chi connectivity index (χ1n) is 5.55. The van der Waals surface area contributed by atoms with Crippen molar-refractivity contribution in [2.24, 2.45) is 9.50 Å². The number of halogens is 1. The maximum Gasteiger partial charge on any atom is 0.285 e. The van der Waals surface area contributed by atoms with Crippen LogP contribution < -0.4 is 5.43 Å². The second-order valence-corrected chi connectivity index (χ2v) is 6.28. The van der Waals surface area contributed by atoms with Crippen LogP contribution in [0, 0.1) is 0 Å². The number of sulfonamides is 1. The molecule has 20 heavy (non-hydrogen) atoms. The first-order valence-corrected chi connectivity index (χ1v) is 7.78. The molecule has 6 nitrogen and oxygen atoms in total. The molecule has 1 aromatic carbocycles. The van der Waals surface area contributed by atoms with Crippen LogP contribution in [0.3, 0.4) is 0 Å². The molecule has 8 heteroatoms. The molecule has 0 saturated heterocycles. The van der Waals surface area contributed by atoms with Gasteiger partial charge in [0.1, 0.15) is 10.7 Å². The van der Waals surface area contributed by atoms with Crippen LogP contribution in [0.2, 0.25) is 0 Å². The molecule has 0 unspecified atom stereocenters. The standard InChI is InChI=1S/C12H8BrN3O3S/c13-11-6-5-8(19-11)7-14-15-12-9-3-1-2-4-10(9)20(17,18)16-12/h1-7H,(H,15,16). The van der Waals surface area contributed by atoms with Crippen molar-refractivity contribution in [2.45, 2.75) is 4.90 Å². The highest BCUT2D eigenvalue weighted by Gasteiger charge is 2.28. The van der Waals surface area contributed by atoms with Crippen molar-refractivity contribution in [1.29, 1.82) is 0 Å². The largest absolute Gasteiger partial charge is 0.448 e. The van der Waals surface area contributed by atoms with Crippen LogP contribution >= 0.6 is 15.9 Å². The average Bonchev–Trinajstić information content (AvgIpc) is 2.93. The predicted octanol–water partition coefficient (Wildman–Crippen LogP) is 2.11. The first kappa shape index (κ1) is 13.1. The Morgan fingerprint density at radius 1 is 1.25 bits per heavy atom. The number of benzene rings is 1. The summed E-state index contributed by atoms with van der Waals surface area (Å²) in [5.41, 5.74) is 3.12. The maximum absolute atomic E-state index is 11.8. The van der Waals surface area contributed by atoms with E-state index in [0.717, 1.165) is 0 Å². The minimum Gasteiger partial charge on any atom is -0.448 e. The Kier molecular flexibility index (Phi) is 3.19. The smallest absolute Gasteiger partial charge is 0.285 e. The van der Waals surface area contributed by atoms with Gasteiger partial charge in [0, 0.05) is 5.56 Å². The molecule has 1 aromatic heterocycles.